The van der Waals surface area contributed by atoms with Gasteiger partial charge >= 0.3 is 5.97 Å². The number of esters is 1. The molecule has 0 saturated carbocycles. The number of hydrogen-bond donors (Lipinski definition) is 1. The Bertz CT molecular complexity index is 534. The van der Waals surface area contributed by atoms with Crippen LogP contribution in [0.5, 0.6) is 0 Å². The monoisotopic (exact) mass is 246 g/mol. The van der Waals surface area contributed by atoms with Crippen LogP contribution >= 0.6 is 0 Å². The molecule has 0 radical (unpaired) electrons. The lowest BCUT2D eigenvalue weighted by molar-refractivity contribution is -0.135. The number of ether oxygens (including phenoxy) is 1. The van der Waals surface area contributed by atoms with Crippen molar-refractivity contribution in [2.75, 3.05) is 6.61 Å². The van der Waals surface area contributed by atoms with Crippen LogP contribution in [0.2, 0.25) is 0 Å². The van der Waals surface area contributed by atoms with Gasteiger partial charge < -0.3 is 9.84 Å². The topological polar surface area (TPSA) is 46.5 Å². The van der Waals surface area contributed by atoms with Gasteiger partial charge in [0, 0.05) is 11.8 Å². The third kappa shape index (κ3) is 1.37. The molecular weight excluding hydrogens is 228 g/mol. The molecule has 3 nitrogen and oxygen atoms in total. The molecule has 3 rings (SSSR count). The third-order valence-electron chi connectivity index (χ3n) is 4.35. The van der Waals surface area contributed by atoms with Gasteiger partial charge in [-0.15, -0.1) is 0 Å². The molecule has 1 aliphatic heterocycles. The highest BCUT2D eigenvalue weighted by atomic mass is 16.5. The van der Waals surface area contributed by atoms with Gasteiger partial charge in [0.2, 0.25) is 0 Å². The lowest BCUT2D eigenvalue weighted by atomic mass is 9.65. The Morgan fingerprint density at radius 2 is 2.06 bits per heavy atom. The molecule has 1 atom stereocenters. The smallest absolute Gasteiger partial charge is 0.341 e. The van der Waals surface area contributed by atoms with E-state index in [2.05, 4.69) is 26.8 Å². The van der Waals surface area contributed by atoms with Gasteiger partial charge in [0.1, 0.15) is 5.76 Å². The normalized spacial score (nSPS) is 32.8. The molecule has 1 N–H and O–H groups in total. The summed E-state index contributed by atoms with van der Waals surface area (Å²) >= 11 is 0. The second kappa shape index (κ2) is 3.35. The van der Waals surface area contributed by atoms with Crippen molar-refractivity contribution in [3.8, 4) is 0 Å². The van der Waals surface area contributed by atoms with Crippen LogP contribution in [0.1, 0.15) is 33.6 Å². The maximum absolute atomic E-state index is 12.0. The number of fused-ring (bicyclic) bond motifs is 2. The fourth-order valence-electron chi connectivity index (χ4n) is 3.28. The number of rotatable bonds is 1. The Hall–Kier alpha value is -1.35. The van der Waals surface area contributed by atoms with Crippen molar-refractivity contribution in [3.63, 3.8) is 0 Å². The van der Waals surface area contributed by atoms with Crippen LogP contribution < -0.4 is 0 Å². The van der Waals surface area contributed by atoms with Gasteiger partial charge in [0.25, 0.3) is 0 Å². The van der Waals surface area contributed by atoms with Gasteiger partial charge in [0.05, 0.1) is 12.2 Å². The molecule has 0 spiro atoms. The molecule has 3 heteroatoms. The van der Waals surface area contributed by atoms with E-state index in [4.69, 9.17) is 4.74 Å². The molecule has 96 valence electrons. The Morgan fingerprint density at radius 3 is 2.61 bits per heavy atom. The van der Waals surface area contributed by atoms with Crippen LogP contribution in [-0.2, 0) is 9.53 Å². The summed E-state index contributed by atoms with van der Waals surface area (Å²) in [4.78, 5) is 12.0. The first-order valence-corrected chi connectivity index (χ1v) is 6.36. The Morgan fingerprint density at radius 1 is 1.33 bits per heavy atom. The van der Waals surface area contributed by atoms with E-state index in [-0.39, 0.29) is 23.4 Å². The van der Waals surface area contributed by atoms with Crippen molar-refractivity contribution in [1.29, 1.82) is 0 Å². The molecule has 0 aromatic heterocycles. The Labute approximate surface area is 107 Å². The molecular formula is C15H18O3. The highest BCUT2D eigenvalue weighted by Gasteiger charge is 2.48. The van der Waals surface area contributed by atoms with Crippen molar-refractivity contribution in [1.82, 2.24) is 0 Å². The Kier molecular flexibility index (Phi) is 2.18. The first kappa shape index (κ1) is 11.7. The minimum Gasteiger partial charge on any atom is -0.428 e. The number of aliphatic hydroxyl groups is 1. The zero-order chi connectivity index (χ0) is 13.1. The van der Waals surface area contributed by atoms with Crippen LogP contribution in [0.25, 0.3) is 0 Å². The zero-order valence-corrected chi connectivity index (χ0v) is 11.0. The standard InChI is InChI=1S/C15H18O3/c1-14(2)6-11-12(7-14)18-13(17)9(8-16)10-4-5-15(10,11)3/h4-5,16H,6-8H2,1-3H3/t15-/m0/s1. The molecule has 18 heavy (non-hydrogen) atoms. The number of carbonyl (C=O) groups excluding carboxylic acids is 1. The summed E-state index contributed by atoms with van der Waals surface area (Å²) in [7, 11) is 0. The fourth-order valence-corrected chi connectivity index (χ4v) is 3.28. The number of hydrogen-bond acceptors (Lipinski definition) is 3. The van der Waals surface area contributed by atoms with Gasteiger partial charge in [-0.3, -0.25) is 0 Å². The molecule has 0 aromatic rings. The Balaban J connectivity index is 2.14. The molecule has 1 heterocycles. The van der Waals surface area contributed by atoms with Crippen molar-refractivity contribution >= 4 is 5.97 Å². The summed E-state index contributed by atoms with van der Waals surface area (Å²) in [5, 5.41) is 9.38. The molecule has 0 fully saturated rings. The minimum atomic E-state index is -0.384. The molecule has 0 unspecified atom stereocenters. The van der Waals surface area contributed by atoms with Crippen molar-refractivity contribution in [3.05, 3.63) is 34.6 Å². The number of carbonyl (C=O) groups is 1. The van der Waals surface area contributed by atoms with Crippen molar-refractivity contribution in [2.24, 2.45) is 10.8 Å². The van der Waals surface area contributed by atoms with E-state index in [0.717, 1.165) is 24.2 Å². The molecule has 3 aliphatic rings. The maximum Gasteiger partial charge on any atom is 0.341 e. The van der Waals surface area contributed by atoms with Gasteiger partial charge in [-0.05, 0) is 29.9 Å². The number of allylic oxidation sites excluding steroid dienone is 5. The van der Waals surface area contributed by atoms with Gasteiger partial charge in [-0.1, -0.05) is 26.0 Å². The number of aliphatic hydroxyl groups excluding tert-OH is 1. The summed E-state index contributed by atoms with van der Waals surface area (Å²) in [6, 6.07) is 0. The lowest BCUT2D eigenvalue weighted by Crippen LogP contribution is -2.28. The zero-order valence-electron chi connectivity index (χ0n) is 11.0. The van der Waals surface area contributed by atoms with Crippen LogP contribution in [0.3, 0.4) is 0 Å². The van der Waals surface area contributed by atoms with Crippen LogP contribution in [0.15, 0.2) is 34.6 Å². The van der Waals surface area contributed by atoms with Gasteiger partial charge in [0.15, 0.2) is 0 Å². The largest absolute Gasteiger partial charge is 0.428 e. The lowest BCUT2D eigenvalue weighted by Gasteiger charge is -2.37. The van der Waals surface area contributed by atoms with E-state index in [9.17, 15) is 9.90 Å². The second-order valence-corrected chi connectivity index (χ2v) is 6.40. The van der Waals surface area contributed by atoms with E-state index < -0.39 is 0 Å². The average Bonchev–Trinajstić information content (AvgIpc) is 2.55. The van der Waals surface area contributed by atoms with E-state index in [1.165, 1.54) is 5.57 Å². The maximum atomic E-state index is 12.0. The van der Waals surface area contributed by atoms with E-state index in [1.807, 2.05) is 6.08 Å². The SMILES string of the molecule is CC1(C)CC2=C(C1)[C@@]1(C)C=CC1=C(CO)C(=O)O2. The molecule has 0 aromatic carbocycles. The minimum absolute atomic E-state index is 0.152. The first-order valence-electron chi connectivity index (χ1n) is 6.36. The summed E-state index contributed by atoms with van der Waals surface area (Å²) in [6.07, 6.45) is 5.77. The summed E-state index contributed by atoms with van der Waals surface area (Å²) in [6.45, 7) is 6.24. The summed E-state index contributed by atoms with van der Waals surface area (Å²) in [5.74, 6) is 0.434. The second-order valence-electron chi connectivity index (χ2n) is 6.40. The predicted molar refractivity (Wildman–Crippen MR) is 67.5 cm³/mol. The molecule has 2 aliphatic carbocycles. The summed E-state index contributed by atoms with van der Waals surface area (Å²) in [5.41, 5.74) is 2.48. The van der Waals surface area contributed by atoms with E-state index in [1.54, 1.807) is 0 Å². The van der Waals surface area contributed by atoms with Crippen LogP contribution in [-0.4, -0.2) is 17.7 Å². The first-order chi connectivity index (χ1) is 8.37. The summed E-state index contributed by atoms with van der Waals surface area (Å²) < 4.78 is 5.50. The quantitative estimate of drug-likeness (QED) is 0.723. The molecule has 0 saturated heterocycles. The van der Waals surface area contributed by atoms with Crippen molar-refractivity contribution < 1.29 is 14.6 Å². The molecule has 0 bridgehead atoms. The van der Waals surface area contributed by atoms with Crippen molar-refractivity contribution in [2.45, 2.75) is 33.6 Å². The van der Waals surface area contributed by atoms with Gasteiger partial charge in [-0.25, -0.2) is 4.79 Å². The highest BCUT2D eigenvalue weighted by molar-refractivity contribution is 5.93. The predicted octanol–water partition coefficient (Wildman–Crippen LogP) is 2.48. The average molecular weight is 246 g/mol. The van der Waals surface area contributed by atoms with Gasteiger partial charge in [-0.2, -0.15) is 0 Å². The van der Waals surface area contributed by atoms with E-state index in [0.29, 0.717) is 5.57 Å². The fraction of sp³-hybridized carbons (Fsp3) is 0.533. The van der Waals surface area contributed by atoms with E-state index >= 15 is 0 Å². The highest BCUT2D eigenvalue weighted by Crippen LogP contribution is 2.57. The van der Waals surface area contributed by atoms with Crippen LogP contribution in [0, 0.1) is 10.8 Å². The molecule has 0 amide bonds. The van der Waals surface area contributed by atoms with Crippen LogP contribution in [0.4, 0.5) is 0 Å². The third-order valence-corrected chi connectivity index (χ3v) is 4.35.